The summed E-state index contributed by atoms with van der Waals surface area (Å²) in [6.07, 6.45) is 6.68. The van der Waals surface area contributed by atoms with Crippen LogP contribution in [0.3, 0.4) is 0 Å². The Balaban J connectivity index is 1.85. The Bertz CT molecular complexity index is 413. The van der Waals surface area contributed by atoms with Gasteiger partial charge in [-0.05, 0) is 40.9 Å². The third-order valence-electron chi connectivity index (χ3n) is 4.06. The molecule has 0 saturated heterocycles. The molecular formula is C14H18BrNO. The van der Waals surface area contributed by atoms with Crippen LogP contribution in [-0.2, 0) is 0 Å². The molecule has 0 aromatic heterocycles. The zero-order valence-electron chi connectivity index (χ0n) is 9.97. The van der Waals surface area contributed by atoms with E-state index in [0.717, 1.165) is 29.1 Å². The van der Waals surface area contributed by atoms with Crippen LogP contribution in [0.15, 0.2) is 22.7 Å². The van der Waals surface area contributed by atoms with E-state index in [0.29, 0.717) is 5.41 Å². The maximum atomic E-state index is 6.06. The Hall–Kier alpha value is -0.700. The molecular weight excluding hydrogens is 278 g/mol. The molecule has 92 valence electrons. The van der Waals surface area contributed by atoms with Crippen molar-refractivity contribution in [3.63, 3.8) is 0 Å². The van der Waals surface area contributed by atoms with E-state index in [2.05, 4.69) is 33.4 Å². The lowest BCUT2D eigenvalue weighted by molar-refractivity contribution is 0.115. The average molecular weight is 296 g/mol. The van der Waals surface area contributed by atoms with Crippen molar-refractivity contribution in [1.29, 1.82) is 0 Å². The van der Waals surface area contributed by atoms with Crippen LogP contribution in [-0.4, -0.2) is 13.2 Å². The number of halogens is 1. The Kier molecular flexibility index (Phi) is 3.03. The number of anilines is 1. The van der Waals surface area contributed by atoms with Gasteiger partial charge in [0.2, 0.25) is 0 Å². The Morgan fingerprint density at radius 3 is 2.82 bits per heavy atom. The van der Waals surface area contributed by atoms with Gasteiger partial charge in [0.25, 0.3) is 0 Å². The zero-order chi connectivity index (χ0) is 11.7. The lowest BCUT2D eigenvalue weighted by Crippen LogP contribution is -2.36. The second-order valence-electron chi connectivity index (χ2n) is 5.32. The van der Waals surface area contributed by atoms with Gasteiger partial charge in [0.05, 0.1) is 16.8 Å². The van der Waals surface area contributed by atoms with Gasteiger partial charge in [-0.1, -0.05) is 25.3 Å². The van der Waals surface area contributed by atoms with E-state index in [4.69, 9.17) is 4.74 Å². The molecule has 1 aromatic carbocycles. The Morgan fingerprint density at radius 2 is 2.00 bits per heavy atom. The molecule has 0 unspecified atom stereocenters. The van der Waals surface area contributed by atoms with Crippen LogP contribution in [0.1, 0.15) is 32.1 Å². The summed E-state index contributed by atoms with van der Waals surface area (Å²) in [5, 5.41) is 3.57. The fourth-order valence-electron chi connectivity index (χ4n) is 2.98. The maximum absolute atomic E-state index is 6.06. The summed E-state index contributed by atoms with van der Waals surface area (Å²) in [4.78, 5) is 0. The number of hydrogen-bond acceptors (Lipinski definition) is 2. The zero-order valence-corrected chi connectivity index (χ0v) is 11.6. The highest BCUT2D eigenvalue weighted by Gasteiger charge is 2.35. The average Bonchev–Trinajstić information content (AvgIpc) is 2.53. The van der Waals surface area contributed by atoms with Crippen LogP contribution < -0.4 is 10.1 Å². The van der Waals surface area contributed by atoms with Crippen LogP contribution in [0.2, 0.25) is 0 Å². The van der Waals surface area contributed by atoms with E-state index >= 15 is 0 Å². The van der Waals surface area contributed by atoms with Gasteiger partial charge in [-0.3, -0.25) is 0 Å². The van der Waals surface area contributed by atoms with Gasteiger partial charge < -0.3 is 10.1 Å². The number of ether oxygens (including phenoxy) is 1. The van der Waals surface area contributed by atoms with Gasteiger partial charge in [0, 0.05) is 12.0 Å². The molecule has 0 radical (unpaired) electrons. The molecule has 0 atom stereocenters. The van der Waals surface area contributed by atoms with E-state index < -0.39 is 0 Å². The SMILES string of the molecule is Brc1cccc2c1OCC1(CCCCC1)CN2. The lowest BCUT2D eigenvalue weighted by Gasteiger charge is -2.35. The monoisotopic (exact) mass is 295 g/mol. The second kappa shape index (κ2) is 4.52. The standard InChI is InChI=1S/C14H18BrNO/c15-11-5-4-6-12-13(11)17-10-14(9-16-12)7-2-1-3-8-14/h4-6,16H,1-3,7-10H2. The molecule has 1 N–H and O–H groups in total. The highest BCUT2D eigenvalue weighted by atomic mass is 79.9. The summed E-state index contributed by atoms with van der Waals surface area (Å²) < 4.78 is 7.11. The fraction of sp³-hybridized carbons (Fsp3) is 0.571. The molecule has 1 spiro atoms. The topological polar surface area (TPSA) is 21.3 Å². The summed E-state index contributed by atoms with van der Waals surface area (Å²) in [7, 11) is 0. The normalized spacial score (nSPS) is 22.2. The quantitative estimate of drug-likeness (QED) is 0.774. The van der Waals surface area contributed by atoms with Crippen molar-refractivity contribution >= 4 is 21.6 Å². The van der Waals surface area contributed by atoms with Crippen molar-refractivity contribution in [3.05, 3.63) is 22.7 Å². The van der Waals surface area contributed by atoms with Crippen LogP contribution in [0, 0.1) is 5.41 Å². The number of rotatable bonds is 0. The van der Waals surface area contributed by atoms with Crippen LogP contribution in [0.4, 0.5) is 5.69 Å². The molecule has 1 heterocycles. The third kappa shape index (κ3) is 2.17. The molecule has 2 aliphatic rings. The first-order valence-corrected chi connectivity index (χ1v) is 7.24. The predicted molar refractivity (Wildman–Crippen MR) is 73.6 cm³/mol. The highest BCUT2D eigenvalue weighted by Crippen LogP contribution is 2.42. The number of para-hydroxylation sites is 1. The molecule has 17 heavy (non-hydrogen) atoms. The molecule has 3 heteroatoms. The molecule has 2 nitrogen and oxygen atoms in total. The van der Waals surface area contributed by atoms with Crippen molar-refractivity contribution in [2.24, 2.45) is 5.41 Å². The van der Waals surface area contributed by atoms with Crippen LogP contribution in [0.5, 0.6) is 5.75 Å². The number of nitrogens with one attached hydrogen (secondary N) is 1. The van der Waals surface area contributed by atoms with E-state index in [1.54, 1.807) is 0 Å². The smallest absolute Gasteiger partial charge is 0.156 e. The first kappa shape index (κ1) is 11.4. The summed E-state index contributed by atoms with van der Waals surface area (Å²) in [5.74, 6) is 0.981. The van der Waals surface area contributed by atoms with E-state index in [1.807, 2.05) is 6.07 Å². The fourth-order valence-corrected chi connectivity index (χ4v) is 3.46. The molecule has 1 saturated carbocycles. The molecule has 1 fully saturated rings. The van der Waals surface area contributed by atoms with Crippen LogP contribution in [0.25, 0.3) is 0 Å². The van der Waals surface area contributed by atoms with Crippen LogP contribution >= 0.6 is 15.9 Å². The van der Waals surface area contributed by atoms with Crippen molar-refractivity contribution in [2.75, 3.05) is 18.5 Å². The molecule has 1 aliphatic carbocycles. The van der Waals surface area contributed by atoms with Gasteiger partial charge in [-0.15, -0.1) is 0 Å². The van der Waals surface area contributed by atoms with Gasteiger partial charge in [-0.25, -0.2) is 0 Å². The largest absolute Gasteiger partial charge is 0.490 e. The Morgan fingerprint density at radius 1 is 1.18 bits per heavy atom. The van der Waals surface area contributed by atoms with Crippen molar-refractivity contribution in [2.45, 2.75) is 32.1 Å². The molecule has 0 bridgehead atoms. The van der Waals surface area contributed by atoms with Crippen molar-refractivity contribution < 1.29 is 4.74 Å². The second-order valence-corrected chi connectivity index (χ2v) is 6.17. The van der Waals surface area contributed by atoms with Crippen molar-refractivity contribution in [1.82, 2.24) is 0 Å². The summed E-state index contributed by atoms with van der Waals surface area (Å²) in [6, 6.07) is 6.19. The number of benzene rings is 1. The summed E-state index contributed by atoms with van der Waals surface area (Å²) in [5.41, 5.74) is 1.48. The summed E-state index contributed by atoms with van der Waals surface area (Å²) in [6.45, 7) is 1.91. The van der Waals surface area contributed by atoms with Gasteiger partial charge in [0.1, 0.15) is 0 Å². The van der Waals surface area contributed by atoms with Gasteiger partial charge in [0.15, 0.2) is 5.75 Å². The van der Waals surface area contributed by atoms with Gasteiger partial charge in [-0.2, -0.15) is 0 Å². The lowest BCUT2D eigenvalue weighted by atomic mass is 9.74. The first-order chi connectivity index (χ1) is 8.29. The first-order valence-electron chi connectivity index (χ1n) is 6.44. The number of fused-ring (bicyclic) bond motifs is 1. The van der Waals surface area contributed by atoms with Gasteiger partial charge >= 0.3 is 0 Å². The van der Waals surface area contributed by atoms with E-state index in [9.17, 15) is 0 Å². The third-order valence-corrected chi connectivity index (χ3v) is 4.68. The predicted octanol–water partition coefficient (Wildman–Crippen LogP) is 4.20. The minimum atomic E-state index is 0.358. The van der Waals surface area contributed by atoms with E-state index in [1.165, 1.54) is 32.1 Å². The molecule has 3 rings (SSSR count). The minimum Gasteiger partial charge on any atom is -0.490 e. The molecule has 1 aliphatic heterocycles. The van der Waals surface area contributed by atoms with E-state index in [-0.39, 0.29) is 0 Å². The molecule has 0 amide bonds. The molecule has 1 aromatic rings. The highest BCUT2D eigenvalue weighted by molar-refractivity contribution is 9.10. The number of hydrogen-bond donors (Lipinski definition) is 1. The maximum Gasteiger partial charge on any atom is 0.156 e. The Labute approximate surface area is 111 Å². The summed E-state index contributed by atoms with van der Waals surface area (Å²) >= 11 is 3.56. The van der Waals surface area contributed by atoms with Crippen molar-refractivity contribution in [3.8, 4) is 5.75 Å². The minimum absolute atomic E-state index is 0.358.